The minimum Gasteiger partial charge on any atom is -0.329 e. The molecule has 1 aliphatic heterocycles. The molecule has 0 amide bonds. The molecular formula is C23H22N4OS. The lowest BCUT2D eigenvalue weighted by molar-refractivity contribution is -0.118. The van der Waals surface area contributed by atoms with Gasteiger partial charge in [-0.3, -0.25) is 4.79 Å². The number of carbonyl (C=O) groups is 1. The summed E-state index contributed by atoms with van der Waals surface area (Å²) in [5.41, 5.74) is 3.69. The summed E-state index contributed by atoms with van der Waals surface area (Å²) < 4.78 is 1.12. The Balaban J connectivity index is 1.54. The fourth-order valence-electron chi connectivity index (χ4n) is 4.10. The number of nitrogens with one attached hydrogen (secondary N) is 2. The maximum Gasteiger partial charge on any atom is 0.202 e. The van der Waals surface area contributed by atoms with E-state index in [1.54, 1.807) is 11.3 Å². The summed E-state index contributed by atoms with van der Waals surface area (Å²) in [6, 6.07) is 17.8. The van der Waals surface area contributed by atoms with Gasteiger partial charge in [-0.25, -0.2) is 9.98 Å². The van der Waals surface area contributed by atoms with Crippen LogP contribution in [-0.4, -0.2) is 16.7 Å². The van der Waals surface area contributed by atoms with Crippen molar-refractivity contribution in [3.63, 3.8) is 0 Å². The molecule has 3 aromatic rings. The highest BCUT2D eigenvalue weighted by Gasteiger charge is 2.39. The Kier molecular flexibility index (Phi) is 4.24. The Labute approximate surface area is 173 Å². The number of ketones is 1. The number of nitrogens with zero attached hydrogens (tertiary/aromatic N) is 2. The Morgan fingerprint density at radius 1 is 1.07 bits per heavy atom. The first-order valence-corrected chi connectivity index (χ1v) is 10.6. The molecule has 0 radical (unpaired) electrons. The molecule has 5 rings (SSSR count). The third-order valence-corrected chi connectivity index (χ3v) is 6.31. The van der Waals surface area contributed by atoms with Gasteiger partial charge in [0.1, 0.15) is 6.04 Å². The van der Waals surface area contributed by atoms with E-state index in [9.17, 15) is 4.79 Å². The number of para-hydroxylation sites is 1. The standard InChI is InChI=1S/C23H22N4OS/c1-23(2)12-16-19(17(28)13-23)20(14-8-4-3-5-9-14)26-21(24-16)27-22-25-15-10-6-7-11-18(15)29-22/h3-11,20H,12-13H2,1-2H3,(H2,24,25,26,27)/t20-/m1/s1. The van der Waals surface area contributed by atoms with Crippen molar-refractivity contribution in [1.29, 1.82) is 0 Å². The number of Topliss-reactive ketones (excluding diaryl/α,β-unsaturated/α-hetero) is 1. The molecule has 1 aliphatic carbocycles. The van der Waals surface area contributed by atoms with E-state index in [1.165, 1.54) is 0 Å². The topological polar surface area (TPSA) is 66.4 Å². The Bertz CT molecular complexity index is 1130. The van der Waals surface area contributed by atoms with Gasteiger partial charge in [0.2, 0.25) is 5.96 Å². The molecule has 2 heterocycles. The van der Waals surface area contributed by atoms with Crippen LogP contribution in [0.25, 0.3) is 10.2 Å². The number of aliphatic imine (C=N–C) groups is 1. The smallest absolute Gasteiger partial charge is 0.202 e. The van der Waals surface area contributed by atoms with Gasteiger partial charge in [0.15, 0.2) is 10.9 Å². The van der Waals surface area contributed by atoms with Gasteiger partial charge >= 0.3 is 0 Å². The van der Waals surface area contributed by atoms with Crippen molar-refractivity contribution < 1.29 is 4.79 Å². The molecule has 0 fully saturated rings. The number of benzene rings is 2. The van der Waals surface area contributed by atoms with Gasteiger partial charge in [-0.2, -0.15) is 0 Å². The molecule has 0 bridgehead atoms. The monoisotopic (exact) mass is 402 g/mol. The molecule has 29 heavy (non-hydrogen) atoms. The normalized spacial score (nSPS) is 20.8. The minimum absolute atomic E-state index is 0.0670. The molecule has 2 aliphatic rings. The van der Waals surface area contributed by atoms with Gasteiger partial charge in [0.05, 0.1) is 10.2 Å². The zero-order valence-corrected chi connectivity index (χ0v) is 17.2. The first-order valence-electron chi connectivity index (χ1n) is 9.77. The van der Waals surface area contributed by atoms with Crippen molar-refractivity contribution >= 4 is 38.4 Å². The first-order chi connectivity index (χ1) is 14.0. The molecule has 0 saturated heterocycles. The van der Waals surface area contributed by atoms with Gasteiger partial charge in [0.25, 0.3) is 0 Å². The summed E-state index contributed by atoms with van der Waals surface area (Å²) in [5.74, 6) is 0.822. The largest absolute Gasteiger partial charge is 0.329 e. The Morgan fingerprint density at radius 2 is 1.83 bits per heavy atom. The van der Waals surface area contributed by atoms with Crippen molar-refractivity contribution in [1.82, 2.24) is 10.3 Å². The number of guanidine groups is 1. The van der Waals surface area contributed by atoms with Crippen LogP contribution in [-0.2, 0) is 4.79 Å². The number of rotatable bonds is 2. The van der Waals surface area contributed by atoms with Crippen LogP contribution in [0, 0.1) is 5.41 Å². The molecule has 0 saturated carbocycles. The molecule has 1 atom stereocenters. The average molecular weight is 403 g/mol. The summed E-state index contributed by atoms with van der Waals surface area (Å²) in [4.78, 5) is 22.6. The predicted octanol–water partition coefficient (Wildman–Crippen LogP) is 5.05. The van der Waals surface area contributed by atoms with E-state index in [0.717, 1.165) is 38.6 Å². The van der Waals surface area contributed by atoms with Crippen molar-refractivity contribution in [2.24, 2.45) is 10.4 Å². The van der Waals surface area contributed by atoms with Crippen molar-refractivity contribution in [3.05, 3.63) is 71.4 Å². The van der Waals surface area contributed by atoms with E-state index < -0.39 is 0 Å². The van der Waals surface area contributed by atoms with Gasteiger partial charge < -0.3 is 10.6 Å². The summed E-state index contributed by atoms with van der Waals surface area (Å²) in [6.45, 7) is 4.28. The SMILES string of the molecule is CC1(C)CC(=O)C2=C(C1)NC(Nc1nc3ccccc3s1)=N[C@@H]2c1ccccc1. The van der Waals surface area contributed by atoms with Crippen LogP contribution in [0.4, 0.5) is 5.13 Å². The molecule has 2 aromatic carbocycles. The zero-order chi connectivity index (χ0) is 20.0. The fraction of sp³-hybridized carbons (Fsp3) is 0.261. The molecular weight excluding hydrogens is 380 g/mol. The summed E-state index contributed by atoms with van der Waals surface area (Å²) in [6.07, 6.45) is 1.37. The van der Waals surface area contributed by atoms with Crippen LogP contribution in [0.15, 0.2) is 70.9 Å². The van der Waals surface area contributed by atoms with E-state index in [1.807, 2.05) is 48.5 Å². The quantitative estimate of drug-likeness (QED) is 0.629. The van der Waals surface area contributed by atoms with Crippen molar-refractivity contribution in [2.75, 3.05) is 5.32 Å². The van der Waals surface area contributed by atoms with Gasteiger partial charge in [-0.1, -0.05) is 67.6 Å². The highest BCUT2D eigenvalue weighted by atomic mass is 32.1. The maximum atomic E-state index is 13.0. The lowest BCUT2D eigenvalue weighted by atomic mass is 9.73. The Morgan fingerprint density at radius 3 is 2.62 bits per heavy atom. The van der Waals surface area contributed by atoms with E-state index in [-0.39, 0.29) is 17.2 Å². The van der Waals surface area contributed by atoms with Crippen molar-refractivity contribution in [2.45, 2.75) is 32.7 Å². The van der Waals surface area contributed by atoms with Crippen LogP contribution in [0.2, 0.25) is 0 Å². The maximum absolute atomic E-state index is 13.0. The number of hydrogen-bond donors (Lipinski definition) is 2. The zero-order valence-electron chi connectivity index (χ0n) is 16.4. The highest BCUT2D eigenvalue weighted by Crippen LogP contribution is 2.43. The number of thiazole rings is 1. The molecule has 146 valence electrons. The van der Waals surface area contributed by atoms with Crippen LogP contribution in [0.5, 0.6) is 0 Å². The lowest BCUT2D eigenvalue weighted by Crippen LogP contribution is -2.41. The second kappa shape index (κ2) is 6.81. The summed E-state index contributed by atoms with van der Waals surface area (Å²) in [7, 11) is 0. The lowest BCUT2D eigenvalue weighted by Gasteiger charge is -2.37. The first kappa shape index (κ1) is 18.1. The molecule has 0 unspecified atom stereocenters. The van der Waals surface area contributed by atoms with E-state index in [0.29, 0.717) is 12.4 Å². The highest BCUT2D eigenvalue weighted by molar-refractivity contribution is 7.22. The van der Waals surface area contributed by atoms with E-state index in [4.69, 9.17) is 4.99 Å². The number of aromatic nitrogens is 1. The number of hydrogen-bond acceptors (Lipinski definition) is 6. The third kappa shape index (κ3) is 3.44. The van der Waals surface area contributed by atoms with Crippen LogP contribution in [0.3, 0.4) is 0 Å². The second-order valence-electron chi connectivity index (χ2n) is 8.36. The molecule has 5 nitrogen and oxygen atoms in total. The average Bonchev–Trinajstić information content (AvgIpc) is 3.09. The van der Waals surface area contributed by atoms with Gasteiger partial charge in [-0.05, 0) is 29.5 Å². The summed E-state index contributed by atoms with van der Waals surface area (Å²) in [5, 5.41) is 7.53. The third-order valence-electron chi connectivity index (χ3n) is 5.36. The molecule has 6 heteroatoms. The van der Waals surface area contributed by atoms with E-state index >= 15 is 0 Å². The van der Waals surface area contributed by atoms with Gasteiger partial charge in [0, 0.05) is 17.7 Å². The predicted molar refractivity (Wildman–Crippen MR) is 118 cm³/mol. The van der Waals surface area contributed by atoms with Crippen molar-refractivity contribution in [3.8, 4) is 0 Å². The number of anilines is 1. The fourth-order valence-corrected chi connectivity index (χ4v) is 4.96. The Hall–Kier alpha value is -2.99. The minimum atomic E-state index is -0.298. The van der Waals surface area contributed by atoms with Crippen LogP contribution >= 0.6 is 11.3 Å². The molecule has 0 spiro atoms. The van der Waals surface area contributed by atoms with E-state index in [2.05, 4.69) is 35.5 Å². The molecule has 2 N–H and O–H groups in total. The second-order valence-corrected chi connectivity index (χ2v) is 9.39. The van der Waals surface area contributed by atoms with Gasteiger partial charge in [-0.15, -0.1) is 0 Å². The van der Waals surface area contributed by atoms with Crippen LogP contribution < -0.4 is 10.6 Å². The summed E-state index contributed by atoms with van der Waals surface area (Å²) >= 11 is 1.59. The molecule has 1 aromatic heterocycles. The number of fused-ring (bicyclic) bond motifs is 1. The number of allylic oxidation sites excluding steroid dienone is 1. The van der Waals surface area contributed by atoms with Crippen LogP contribution in [0.1, 0.15) is 38.3 Å². The number of carbonyl (C=O) groups excluding carboxylic acids is 1.